The molecule has 7 rings (SSSR count). The third-order valence-electron chi connectivity index (χ3n) is 11.6. The van der Waals surface area contributed by atoms with Crippen molar-refractivity contribution in [1.29, 1.82) is 0 Å². The van der Waals surface area contributed by atoms with Gasteiger partial charge in [-0.15, -0.1) is 15.3 Å². The number of phenols is 2. The first-order chi connectivity index (χ1) is 36.9. The van der Waals surface area contributed by atoms with Gasteiger partial charge in [0.25, 0.3) is 40.5 Å². The summed E-state index contributed by atoms with van der Waals surface area (Å²) in [6.07, 6.45) is -0.140. The van der Waals surface area contributed by atoms with Crippen molar-refractivity contribution in [2.75, 3.05) is 18.1 Å². The lowest BCUT2D eigenvalue weighted by atomic mass is 10.1. The van der Waals surface area contributed by atoms with Gasteiger partial charge in [0.15, 0.2) is 5.75 Å². The number of ether oxygens (including phenoxy) is 1. The number of fused-ring (bicyclic) bond motifs is 1. The van der Waals surface area contributed by atoms with Gasteiger partial charge >= 0.3 is 0 Å². The molecule has 30 heteroatoms. The summed E-state index contributed by atoms with van der Waals surface area (Å²) in [6, 6.07) is 20.3. The fourth-order valence-corrected chi connectivity index (χ4v) is 9.79. The van der Waals surface area contributed by atoms with E-state index in [9.17, 15) is 62.1 Å². The van der Waals surface area contributed by atoms with Gasteiger partial charge in [-0.25, -0.2) is 0 Å². The molecule has 0 heterocycles. The lowest BCUT2D eigenvalue weighted by molar-refractivity contribution is 0.317. The molecule has 79 heavy (non-hydrogen) atoms. The van der Waals surface area contributed by atoms with E-state index in [1.807, 2.05) is 0 Å². The van der Waals surface area contributed by atoms with E-state index in [-0.39, 0.29) is 63.7 Å². The Morgan fingerprint density at radius 3 is 1.43 bits per heavy atom. The van der Waals surface area contributed by atoms with Gasteiger partial charge in [0.2, 0.25) is 0 Å². The molecule has 0 aliphatic heterocycles. The fourth-order valence-electron chi connectivity index (χ4n) is 7.42. The van der Waals surface area contributed by atoms with Gasteiger partial charge in [0.1, 0.15) is 38.4 Å². The molecule has 0 atom stereocenters. The Bertz CT molecular complexity index is 4240. The van der Waals surface area contributed by atoms with Gasteiger partial charge in [0.05, 0.1) is 62.8 Å². The highest BCUT2D eigenvalue weighted by Gasteiger charge is 2.24. The minimum atomic E-state index is -5.07. The number of nitrogens with zero attached hydrogens (tertiary/aromatic N) is 10. The highest BCUT2D eigenvalue weighted by Crippen LogP contribution is 2.44. The second-order valence-electron chi connectivity index (χ2n) is 17.7. The van der Waals surface area contributed by atoms with Crippen LogP contribution in [0.3, 0.4) is 0 Å². The van der Waals surface area contributed by atoms with Crippen LogP contribution in [0.25, 0.3) is 10.8 Å². The molecule has 0 amide bonds. The Morgan fingerprint density at radius 2 is 0.924 bits per heavy atom. The van der Waals surface area contributed by atoms with E-state index in [2.05, 4.69) is 51.1 Å². The monoisotopic (exact) mass is 1160 g/mol. The molecule has 7 aromatic carbocycles. The topological polar surface area (TPSA) is 417 Å². The lowest BCUT2D eigenvalue weighted by Gasteiger charge is -2.11. The predicted molar refractivity (Wildman–Crippen MR) is 289 cm³/mol. The summed E-state index contributed by atoms with van der Waals surface area (Å²) < 4.78 is 140. The van der Waals surface area contributed by atoms with E-state index < -0.39 is 78.0 Å². The molecule has 0 radical (unpaired) electrons. The summed E-state index contributed by atoms with van der Waals surface area (Å²) >= 11 is 0. The van der Waals surface area contributed by atoms with Gasteiger partial charge in [-0.1, -0.05) is 0 Å². The number of hydrogen-bond acceptors (Lipinski definition) is 22. The van der Waals surface area contributed by atoms with Crippen molar-refractivity contribution < 1.29 is 66.8 Å². The van der Waals surface area contributed by atoms with Crippen LogP contribution in [0, 0.1) is 41.5 Å². The van der Waals surface area contributed by atoms with E-state index in [0.717, 1.165) is 18.2 Å². The molecule has 8 N–H and O–H groups in total. The number of aromatic hydroxyl groups is 2. The average Bonchev–Trinajstić information content (AvgIpc) is 3.52. The number of benzene rings is 7. The molecule has 7 aromatic rings. The highest BCUT2D eigenvalue weighted by molar-refractivity contribution is 7.87. The van der Waals surface area contributed by atoms with Crippen LogP contribution in [0.1, 0.15) is 39.8 Å². The second kappa shape index (κ2) is 22.9. The van der Waals surface area contributed by atoms with E-state index in [1.165, 1.54) is 36.4 Å². The lowest BCUT2D eigenvalue weighted by Crippen LogP contribution is -2.08. The number of azo groups is 5. The van der Waals surface area contributed by atoms with E-state index >= 15 is 0 Å². The van der Waals surface area contributed by atoms with Crippen molar-refractivity contribution in [1.82, 2.24) is 0 Å². The maximum Gasteiger partial charge on any atom is 0.296 e. The molecule has 0 saturated heterocycles. The summed E-state index contributed by atoms with van der Waals surface area (Å²) in [5.41, 5.74) is 10.5. The molecule has 0 fully saturated rings. The SMILES string of the molecule is Cc1cc(N=Nc2cc(C)c(N=Nc3ccc(S(=O)(=O)O)cc3S(=O)(=O)O)cc2OCCCS(=O)(=O)O)c(C)cc1N=Nc1cc(C)c(N=Nc2c(S(=O)(=O)O)cc3cc(N=Nc4cc(C)c(O)c(N)c4)ccc3c2O)cc1C. The molecule has 0 saturated carbocycles. The molecule has 0 aliphatic carbocycles. The van der Waals surface area contributed by atoms with Crippen molar-refractivity contribution in [3.63, 3.8) is 0 Å². The van der Waals surface area contributed by atoms with Crippen molar-refractivity contribution in [2.45, 2.75) is 62.6 Å². The molecule has 412 valence electrons. The molecule has 0 aromatic heterocycles. The van der Waals surface area contributed by atoms with Crippen molar-refractivity contribution in [3.8, 4) is 17.2 Å². The zero-order valence-corrected chi connectivity index (χ0v) is 45.6. The first kappa shape index (κ1) is 58.3. The smallest absolute Gasteiger partial charge is 0.296 e. The average molecular weight is 1160 g/mol. The summed E-state index contributed by atoms with van der Waals surface area (Å²) in [6.45, 7) is 9.93. The molecule has 26 nitrogen and oxygen atoms in total. The predicted octanol–water partition coefficient (Wildman–Crippen LogP) is 13.2. The van der Waals surface area contributed by atoms with Gasteiger partial charge < -0.3 is 20.7 Å². The van der Waals surface area contributed by atoms with Gasteiger partial charge in [-0.3, -0.25) is 18.2 Å². The number of hydrogen-bond donors (Lipinski definition) is 7. The number of rotatable bonds is 18. The van der Waals surface area contributed by atoms with Crippen LogP contribution in [0.5, 0.6) is 17.2 Å². The zero-order chi connectivity index (χ0) is 57.9. The maximum absolute atomic E-state index is 12.6. The van der Waals surface area contributed by atoms with Gasteiger partial charge in [-0.2, -0.15) is 69.5 Å². The quantitative estimate of drug-likeness (QED) is 0.0138. The summed E-state index contributed by atoms with van der Waals surface area (Å²) in [7, 11) is -19.2. The number of nitrogens with two attached hydrogens (primary N) is 1. The van der Waals surface area contributed by atoms with Crippen molar-refractivity contribution in [2.24, 2.45) is 51.1 Å². The van der Waals surface area contributed by atoms with Crippen molar-refractivity contribution >= 4 is 114 Å². The van der Waals surface area contributed by atoms with E-state index in [4.69, 9.17) is 10.5 Å². The Balaban J connectivity index is 1.12. The Hall–Kier alpha value is -8.36. The molecule has 0 unspecified atom stereocenters. The standard InChI is InChI=1S/C49H47N11O15S4/c1-25-16-40(56-59-43-19-29(5)42(24-44(43)75-12-7-13-76(63,64)65)57-53-37-11-9-34(77(66,67)68)23-45(37)78(69,70)71)26(2)15-38(25)54-55-39-17-28(4)41(18-27(39)3)58-60-47-46(79(72,73)74)21-31-20-32(8-10-35(31)49(47)62)51-52-33-14-30(6)48(61)36(50)22-33/h8-11,14-24,61-62H,7,12-13,50H2,1-6H3,(H,63,64,65)(H,66,67,68)(H,69,70,71)(H,72,73,74). The van der Waals surface area contributed by atoms with E-state index in [1.54, 1.807) is 71.9 Å². The zero-order valence-electron chi connectivity index (χ0n) is 42.3. The minimum absolute atomic E-state index is 0.00761. The third-order valence-corrected chi connectivity index (χ3v) is 15.0. The Morgan fingerprint density at radius 1 is 0.443 bits per heavy atom. The Labute approximate surface area is 451 Å². The first-order valence-electron chi connectivity index (χ1n) is 22.9. The molecule has 0 aliphatic rings. The van der Waals surface area contributed by atoms with Crippen LogP contribution >= 0.6 is 0 Å². The summed E-state index contributed by atoms with van der Waals surface area (Å²) in [5.74, 6) is -1.28. The molecule has 0 bridgehead atoms. The second-order valence-corrected chi connectivity index (χ2v) is 23.5. The van der Waals surface area contributed by atoms with Crippen LogP contribution < -0.4 is 10.5 Å². The summed E-state index contributed by atoms with van der Waals surface area (Å²) in [5, 5.41) is 63.9. The largest absolute Gasteiger partial charge is 0.506 e. The van der Waals surface area contributed by atoms with Crippen LogP contribution in [0.4, 0.5) is 62.6 Å². The van der Waals surface area contributed by atoms with Crippen molar-refractivity contribution in [3.05, 3.63) is 124 Å². The molecular formula is C49H47N11O15S4. The highest BCUT2D eigenvalue weighted by atomic mass is 32.2. The Kier molecular flexibility index (Phi) is 16.9. The van der Waals surface area contributed by atoms with Crippen LogP contribution in [-0.2, 0) is 40.5 Å². The van der Waals surface area contributed by atoms with Gasteiger partial charge in [-0.05, 0) is 172 Å². The number of nitrogen functional groups attached to an aromatic ring is 1. The number of aryl methyl sites for hydroxylation is 6. The normalized spacial score (nSPS) is 12.9. The van der Waals surface area contributed by atoms with Gasteiger partial charge in [0, 0.05) is 11.5 Å². The van der Waals surface area contributed by atoms with Crippen LogP contribution in [0.2, 0.25) is 0 Å². The number of phenolic OH excluding ortho intramolecular Hbond substituents is 2. The van der Waals surface area contributed by atoms with E-state index in [0.29, 0.717) is 62.2 Å². The maximum atomic E-state index is 12.6. The minimum Gasteiger partial charge on any atom is -0.506 e. The van der Waals surface area contributed by atoms with Crippen LogP contribution in [-0.4, -0.2) is 74.5 Å². The van der Waals surface area contributed by atoms with Crippen LogP contribution in [0.15, 0.2) is 157 Å². The summed E-state index contributed by atoms with van der Waals surface area (Å²) in [4.78, 5) is -2.51. The fraction of sp³-hybridized carbons (Fsp3) is 0.184. The third kappa shape index (κ3) is 14.4. The number of anilines is 1. The first-order valence-corrected chi connectivity index (χ1v) is 28.8. The molecule has 0 spiro atoms. The molecular weight excluding hydrogens is 1110 g/mol.